The van der Waals surface area contributed by atoms with E-state index in [-0.39, 0.29) is 5.91 Å². The molecule has 23 heavy (non-hydrogen) atoms. The molecule has 0 unspecified atom stereocenters. The van der Waals surface area contributed by atoms with Gasteiger partial charge in [0.1, 0.15) is 0 Å². The number of para-hydroxylation sites is 1. The Bertz CT molecular complexity index is 891. The molecule has 1 heterocycles. The number of nitrogens with zero attached hydrogens (tertiary/aromatic N) is 2. The molecule has 0 fully saturated rings. The first-order valence-electron chi connectivity index (χ1n) is 7.45. The largest absolute Gasteiger partial charge is 0.319 e. The lowest BCUT2D eigenvalue weighted by Crippen LogP contribution is -2.13. The summed E-state index contributed by atoms with van der Waals surface area (Å²) in [4.78, 5) is 18.3. The molecule has 0 aliphatic rings. The van der Waals surface area contributed by atoms with E-state index in [2.05, 4.69) is 42.2 Å². The SMILES string of the molecule is Cc1ccc(SCCC(=O)N=c2sc3ccccc3n2C)cc1. The summed E-state index contributed by atoms with van der Waals surface area (Å²) < 4.78 is 3.13. The number of hydrogen-bond donors (Lipinski definition) is 0. The van der Waals surface area contributed by atoms with E-state index in [1.165, 1.54) is 10.5 Å². The van der Waals surface area contributed by atoms with Crippen LogP contribution in [0.3, 0.4) is 0 Å². The van der Waals surface area contributed by atoms with Gasteiger partial charge in [0.25, 0.3) is 0 Å². The van der Waals surface area contributed by atoms with Crippen LogP contribution in [0.1, 0.15) is 12.0 Å². The van der Waals surface area contributed by atoms with Gasteiger partial charge in [0.15, 0.2) is 4.80 Å². The predicted molar refractivity (Wildman–Crippen MR) is 97.9 cm³/mol. The average molecular weight is 342 g/mol. The zero-order chi connectivity index (χ0) is 16.2. The molecular formula is C18H18N2OS2. The average Bonchev–Trinajstić information content (AvgIpc) is 2.86. The molecular weight excluding hydrogens is 324 g/mol. The Hall–Kier alpha value is -1.85. The second-order valence-electron chi connectivity index (χ2n) is 5.33. The minimum atomic E-state index is -0.0632. The van der Waals surface area contributed by atoms with Gasteiger partial charge in [0.05, 0.1) is 10.2 Å². The number of carbonyl (C=O) groups excluding carboxylic acids is 1. The van der Waals surface area contributed by atoms with Crippen molar-refractivity contribution in [2.75, 3.05) is 5.75 Å². The number of aryl methyl sites for hydroxylation is 2. The molecule has 3 rings (SSSR count). The lowest BCUT2D eigenvalue weighted by molar-refractivity contribution is -0.117. The lowest BCUT2D eigenvalue weighted by Gasteiger charge is -2.00. The minimum Gasteiger partial charge on any atom is -0.319 e. The zero-order valence-electron chi connectivity index (χ0n) is 13.2. The summed E-state index contributed by atoms with van der Waals surface area (Å²) in [5.41, 5.74) is 2.36. The maximum absolute atomic E-state index is 12.1. The van der Waals surface area contributed by atoms with E-state index < -0.39 is 0 Å². The van der Waals surface area contributed by atoms with Crippen LogP contribution in [0.15, 0.2) is 58.4 Å². The van der Waals surface area contributed by atoms with Crippen LogP contribution in [-0.4, -0.2) is 16.2 Å². The molecule has 0 aliphatic heterocycles. The second kappa shape index (κ2) is 7.15. The number of amides is 1. The number of carbonyl (C=O) groups is 1. The van der Waals surface area contributed by atoms with E-state index in [1.807, 2.05) is 29.8 Å². The van der Waals surface area contributed by atoms with Crippen LogP contribution in [0, 0.1) is 6.92 Å². The molecule has 5 heteroatoms. The molecule has 0 spiro atoms. The molecule has 1 aromatic heterocycles. The van der Waals surface area contributed by atoms with Crippen molar-refractivity contribution in [3.8, 4) is 0 Å². The van der Waals surface area contributed by atoms with Gasteiger partial charge in [-0.1, -0.05) is 41.2 Å². The third kappa shape index (κ3) is 3.92. The predicted octanol–water partition coefficient (Wildman–Crippen LogP) is 4.16. The monoisotopic (exact) mass is 342 g/mol. The van der Waals surface area contributed by atoms with Gasteiger partial charge in [0, 0.05) is 24.1 Å². The first-order valence-corrected chi connectivity index (χ1v) is 9.25. The molecule has 1 amide bonds. The Balaban J connectivity index is 1.66. The topological polar surface area (TPSA) is 34.4 Å². The van der Waals surface area contributed by atoms with Gasteiger partial charge in [-0.25, -0.2) is 0 Å². The van der Waals surface area contributed by atoms with Crippen molar-refractivity contribution in [1.82, 2.24) is 4.57 Å². The van der Waals surface area contributed by atoms with Crippen molar-refractivity contribution in [2.24, 2.45) is 12.0 Å². The Morgan fingerprint density at radius 2 is 1.91 bits per heavy atom. The number of benzene rings is 2. The summed E-state index contributed by atoms with van der Waals surface area (Å²) in [6, 6.07) is 16.5. The molecule has 0 atom stereocenters. The van der Waals surface area contributed by atoms with Crippen LogP contribution in [-0.2, 0) is 11.8 Å². The number of aromatic nitrogens is 1. The quantitative estimate of drug-likeness (QED) is 0.667. The summed E-state index contributed by atoms with van der Waals surface area (Å²) in [7, 11) is 1.95. The molecule has 3 nitrogen and oxygen atoms in total. The van der Waals surface area contributed by atoms with Gasteiger partial charge in [0.2, 0.25) is 5.91 Å². The normalized spacial score (nSPS) is 12.0. The van der Waals surface area contributed by atoms with Crippen LogP contribution in [0.4, 0.5) is 0 Å². The lowest BCUT2D eigenvalue weighted by atomic mass is 10.2. The number of hydrogen-bond acceptors (Lipinski definition) is 3. The maximum Gasteiger partial charge on any atom is 0.249 e. The van der Waals surface area contributed by atoms with E-state index in [0.717, 1.165) is 20.8 Å². The Morgan fingerprint density at radius 1 is 1.17 bits per heavy atom. The Labute approximate surface area is 143 Å². The van der Waals surface area contributed by atoms with Crippen LogP contribution >= 0.6 is 23.1 Å². The summed E-state index contributed by atoms with van der Waals surface area (Å²) in [5.74, 6) is 0.687. The zero-order valence-corrected chi connectivity index (χ0v) is 14.8. The molecule has 0 bridgehead atoms. The minimum absolute atomic E-state index is 0.0632. The number of rotatable bonds is 4. The standard InChI is InChI=1S/C18H18N2OS2/c1-13-7-9-14(10-8-13)22-12-11-17(21)19-18-20(2)15-5-3-4-6-16(15)23-18/h3-10H,11-12H2,1-2H3. The summed E-state index contributed by atoms with van der Waals surface area (Å²) >= 11 is 3.25. The van der Waals surface area contributed by atoms with Crippen LogP contribution in [0.25, 0.3) is 10.2 Å². The highest BCUT2D eigenvalue weighted by Gasteiger charge is 2.05. The Morgan fingerprint density at radius 3 is 2.65 bits per heavy atom. The molecule has 3 aromatic rings. The van der Waals surface area contributed by atoms with Crippen LogP contribution in [0.5, 0.6) is 0 Å². The van der Waals surface area contributed by atoms with E-state index in [0.29, 0.717) is 6.42 Å². The summed E-state index contributed by atoms with van der Waals surface area (Å²) in [5, 5.41) is 0. The van der Waals surface area contributed by atoms with Gasteiger partial charge < -0.3 is 4.57 Å². The molecule has 118 valence electrons. The fourth-order valence-corrected chi connectivity index (χ4v) is 4.12. The van der Waals surface area contributed by atoms with Gasteiger partial charge in [-0.15, -0.1) is 11.8 Å². The van der Waals surface area contributed by atoms with Gasteiger partial charge in [-0.2, -0.15) is 4.99 Å². The fourth-order valence-electron chi connectivity index (χ4n) is 2.24. The van der Waals surface area contributed by atoms with Crippen LogP contribution in [0.2, 0.25) is 0 Å². The van der Waals surface area contributed by atoms with Gasteiger partial charge in [-0.05, 0) is 31.2 Å². The maximum atomic E-state index is 12.1. The van der Waals surface area contributed by atoms with Crippen molar-refractivity contribution >= 4 is 39.2 Å². The van der Waals surface area contributed by atoms with Gasteiger partial charge >= 0.3 is 0 Å². The summed E-state index contributed by atoms with van der Waals surface area (Å²) in [6.45, 7) is 2.07. The van der Waals surface area contributed by atoms with E-state index in [4.69, 9.17) is 0 Å². The molecule has 0 aliphatic carbocycles. The molecule has 0 saturated carbocycles. The van der Waals surface area contributed by atoms with Gasteiger partial charge in [-0.3, -0.25) is 4.79 Å². The van der Waals surface area contributed by atoms with Crippen molar-refractivity contribution in [3.05, 3.63) is 58.9 Å². The number of thioether (sulfide) groups is 1. The smallest absolute Gasteiger partial charge is 0.249 e. The van der Waals surface area contributed by atoms with E-state index in [1.54, 1.807) is 23.1 Å². The van der Waals surface area contributed by atoms with Crippen molar-refractivity contribution in [3.63, 3.8) is 0 Å². The molecule has 0 radical (unpaired) electrons. The molecule has 2 aromatic carbocycles. The summed E-state index contributed by atoms with van der Waals surface area (Å²) in [6.07, 6.45) is 0.451. The van der Waals surface area contributed by atoms with Crippen LogP contribution < -0.4 is 4.80 Å². The van der Waals surface area contributed by atoms with Crippen molar-refractivity contribution in [2.45, 2.75) is 18.2 Å². The van der Waals surface area contributed by atoms with E-state index >= 15 is 0 Å². The molecule has 0 saturated heterocycles. The van der Waals surface area contributed by atoms with Crippen molar-refractivity contribution < 1.29 is 4.79 Å². The highest BCUT2D eigenvalue weighted by atomic mass is 32.2. The third-order valence-corrected chi connectivity index (χ3v) is 5.67. The highest BCUT2D eigenvalue weighted by Crippen LogP contribution is 2.19. The van der Waals surface area contributed by atoms with E-state index in [9.17, 15) is 4.79 Å². The highest BCUT2D eigenvalue weighted by molar-refractivity contribution is 7.99. The second-order valence-corrected chi connectivity index (χ2v) is 7.51. The Kier molecular flexibility index (Phi) is 4.98. The molecule has 0 N–H and O–H groups in total. The third-order valence-electron chi connectivity index (χ3n) is 3.54. The number of thiazole rings is 1. The number of fused-ring (bicyclic) bond motifs is 1. The first-order chi connectivity index (χ1) is 11.1. The first kappa shape index (κ1) is 16.0. The fraction of sp³-hybridized carbons (Fsp3) is 0.222. The van der Waals surface area contributed by atoms with Crippen molar-refractivity contribution in [1.29, 1.82) is 0 Å².